The maximum atomic E-state index is 10.7. The molecule has 0 fully saturated rings. The topological polar surface area (TPSA) is 67.2 Å². The molecule has 2 heterocycles. The second-order valence-corrected chi connectivity index (χ2v) is 3.98. The molecule has 0 saturated carbocycles. The van der Waals surface area contributed by atoms with Crippen molar-refractivity contribution in [2.45, 2.75) is 0 Å². The third kappa shape index (κ3) is 2.26. The Labute approximate surface area is 109 Å². The number of nitrogens with one attached hydrogen (secondary N) is 1. The van der Waals surface area contributed by atoms with Gasteiger partial charge < -0.3 is 5.32 Å². The summed E-state index contributed by atoms with van der Waals surface area (Å²) in [6.07, 6.45) is 1.60. The average Bonchev–Trinajstić information content (AvgIpc) is 2.48. The van der Waals surface area contributed by atoms with Crippen molar-refractivity contribution in [3.8, 4) is 0 Å². The summed E-state index contributed by atoms with van der Waals surface area (Å²) in [5, 5.41) is 6.98. The van der Waals surface area contributed by atoms with Crippen LogP contribution in [0.2, 0.25) is 0 Å². The average molecular weight is 250 g/mol. The minimum atomic E-state index is 0.262. The van der Waals surface area contributed by atoms with Crippen LogP contribution in [0.4, 0.5) is 17.3 Å². The molecule has 0 radical (unpaired) electrons. The van der Waals surface area contributed by atoms with E-state index in [1.807, 2.05) is 36.4 Å². The largest absolute Gasteiger partial charge is 0.323 e. The van der Waals surface area contributed by atoms with E-state index in [2.05, 4.69) is 20.5 Å². The minimum Gasteiger partial charge on any atom is -0.323 e. The second kappa shape index (κ2) is 4.81. The van der Waals surface area contributed by atoms with E-state index in [4.69, 9.17) is 0 Å². The highest BCUT2D eigenvalue weighted by molar-refractivity contribution is 5.81. The van der Waals surface area contributed by atoms with Crippen LogP contribution in [0.5, 0.6) is 0 Å². The van der Waals surface area contributed by atoms with Gasteiger partial charge >= 0.3 is 0 Å². The summed E-state index contributed by atoms with van der Waals surface area (Å²) >= 11 is 0. The summed E-state index contributed by atoms with van der Waals surface area (Å²) in [7, 11) is 0. The molecule has 0 bridgehead atoms. The first-order chi connectivity index (χ1) is 9.36. The molecule has 0 saturated heterocycles. The SMILES string of the molecule is O=Nc1cccnc1Nc1ccc2ccccc2n1. The van der Waals surface area contributed by atoms with Gasteiger partial charge in [-0.15, -0.1) is 4.91 Å². The molecule has 0 aliphatic heterocycles. The third-order valence-electron chi connectivity index (χ3n) is 2.73. The van der Waals surface area contributed by atoms with Crippen molar-refractivity contribution in [3.05, 3.63) is 59.6 Å². The summed E-state index contributed by atoms with van der Waals surface area (Å²) in [6.45, 7) is 0. The Morgan fingerprint density at radius 1 is 1.00 bits per heavy atom. The van der Waals surface area contributed by atoms with Crippen LogP contribution in [0, 0.1) is 4.91 Å². The number of benzene rings is 1. The van der Waals surface area contributed by atoms with Crippen molar-refractivity contribution >= 4 is 28.2 Å². The molecule has 0 atom stereocenters. The maximum Gasteiger partial charge on any atom is 0.161 e. The number of pyridine rings is 2. The van der Waals surface area contributed by atoms with E-state index in [0.29, 0.717) is 11.6 Å². The Kier molecular flexibility index (Phi) is 2.86. The Morgan fingerprint density at radius 2 is 1.89 bits per heavy atom. The van der Waals surface area contributed by atoms with Crippen LogP contribution in [0.15, 0.2) is 59.9 Å². The van der Waals surface area contributed by atoms with Crippen molar-refractivity contribution in [2.24, 2.45) is 5.18 Å². The molecule has 0 spiro atoms. The molecule has 5 heteroatoms. The van der Waals surface area contributed by atoms with Crippen LogP contribution in [0.25, 0.3) is 10.9 Å². The predicted octanol–water partition coefficient (Wildman–Crippen LogP) is 3.77. The fraction of sp³-hybridized carbons (Fsp3) is 0. The third-order valence-corrected chi connectivity index (χ3v) is 2.73. The molecular weight excluding hydrogens is 240 g/mol. The van der Waals surface area contributed by atoms with Crippen molar-refractivity contribution in [2.75, 3.05) is 5.32 Å². The Hall–Kier alpha value is -2.82. The van der Waals surface area contributed by atoms with E-state index in [1.165, 1.54) is 0 Å². The predicted molar refractivity (Wildman–Crippen MR) is 74.7 cm³/mol. The summed E-state index contributed by atoms with van der Waals surface area (Å²) in [6, 6.07) is 14.9. The molecule has 0 aliphatic carbocycles. The van der Waals surface area contributed by atoms with Gasteiger partial charge in [0.2, 0.25) is 0 Å². The minimum absolute atomic E-state index is 0.262. The van der Waals surface area contributed by atoms with Gasteiger partial charge in [0.25, 0.3) is 0 Å². The van der Waals surface area contributed by atoms with Gasteiger partial charge in [-0.25, -0.2) is 9.97 Å². The van der Waals surface area contributed by atoms with Gasteiger partial charge in [0.1, 0.15) is 5.82 Å². The van der Waals surface area contributed by atoms with E-state index in [0.717, 1.165) is 10.9 Å². The number of hydrogen-bond donors (Lipinski definition) is 1. The number of nitroso groups, excluding NO2 is 1. The standard InChI is InChI=1S/C14H10N4O/c19-18-12-6-3-9-15-14(12)17-13-8-7-10-4-1-2-5-11(10)16-13/h1-9H,(H,15,16,17). The zero-order valence-corrected chi connectivity index (χ0v) is 9.95. The number of para-hydroxylation sites is 1. The Morgan fingerprint density at radius 3 is 2.79 bits per heavy atom. The zero-order valence-electron chi connectivity index (χ0n) is 9.95. The highest BCUT2D eigenvalue weighted by Gasteiger charge is 2.05. The van der Waals surface area contributed by atoms with E-state index in [9.17, 15) is 4.91 Å². The fourth-order valence-corrected chi connectivity index (χ4v) is 1.82. The molecule has 0 aliphatic rings. The van der Waals surface area contributed by atoms with Crippen LogP contribution in [-0.4, -0.2) is 9.97 Å². The van der Waals surface area contributed by atoms with Gasteiger partial charge in [0.15, 0.2) is 11.5 Å². The van der Waals surface area contributed by atoms with Crippen molar-refractivity contribution in [1.82, 2.24) is 9.97 Å². The van der Waals surface area contributed by atoms with Gasteiger partial charge in [-0.05, 0) is 35.5 Å². The van der Waals surface area contributed by atoms with E-state index in [-0.39, 0.29) is 5.69 Å². The molecule has 5 nitrogen and oxygen atoms in total. The number of rotatable bonds is 3. The van der Waals surface area contributed by atoms with Gasteiger partial charge in [-0.1, -0.05) is 18.2 Å². The van der Waals surface area contributed by atoms with Crippen LogP contribution in [0.1, 0.15) is 0 Å². The molecule has 92 valence electrons. The van der Waals surface area contributed by atoms with Crippen LogP contribution >= 0.6 is 0 Å². The van der Waals surface area contributed by atoms with Gasteiger partial charge in [0.05, 0.1) is 5.52 Å². The summed E-state index contributed by atoms with van der Waals surface area (Å²) < 4.78 is 0. The lowest BCUT2D eigenvalue weighted by molar-refractivity contribution is 1.26. The van der Waals surface area contributed by atoms with Crippen molar-refractivity contribution in [3.63, 3.8) is 0 Å². The van der Waals surface area contributed by atoms with Crippen LogP contribution in [-0.2, 0) is 0 Å². The van der Waals surface area contributed by atoms with Crippen molar-refractivity contribution < 1.29 is 0 Å². The summed E-state index contributed by atoms with van der Waals surface area (Å²) in [5.74, 6) is 1.03. The molecule has 1 aromatic carbocycles. The first-order valence-corrected chi connectivity index (χ1v) is 5.78. The molecule has 3 aromatic rings. The van der Waals surface area contributed by atoms with E-state index < -0.39 is 0 Å². The normalized spacial score (nSPS) is 10.3. The Balaban J connectivity index is 1.99. The number of nitrogens with zero attached hydrogens (tertiary/aromatic N) is 3. The summed E-state index contributed by atoms with van der Waals surface area (Å²) in [5.41, 5.74) is 1.14. The van der Waals surface area contributed by atoms with Gasteiger partial charge in [-0.3, -0.25) is 0 Å². The number of fused-ring (bicyclic) bond motifs is 1. The molecule has 0 amide bonds. The highest BCUT2D eigenvalue weighted by atomic mass is 16.3. The Bertz CT molecular complexity index is 742. The number of aromatic nitrogens is 2. The lowest BCUT2D eigenvalue weighted by Gasteiger charge is -2.06. The van der Waals surface area contributed by atoms with E-state index >= 15 is 0 Å². The number of hydrogen-bond acceptors (Lipinski definition) is 5. The number of anilines is 2. The van der Waals surface area contributed by atoms with Gasteiger partial charge in [-0.2, -0.15) is 0 Å². The lowest BCUT2D eigenvalue weighted by atomic mass is 10.2. The molecule has 3 rings (SSSR count). The first-order valence-electron chi connectivity index (χ1n) is 5.78. The molecule has 1 N–H and O–H groups in total. The molecule has 19 heavy (non-hydrogen) atoms. The molecular formula is C14H10N4O. The van der Waals surface area contributed by atoms with Gasteiger partial charge in [0, 0.05) is 11.6 Å². The monoisotopic (exact) mass is 250 g/mol. The highest BCUT2D eigenvalue weighted by Crippen LogP contribution is 2.25. The van der Waals surface area contributed by atoms with E-state index in [1.54, 1.807) is 18.3 Å². The first kappa shape index (κ1) is 11.3. The lowest BCUT2D eigenvalue weighted by Crippen LogP contribution is -1.96. The maximum absolute atomic E-state index is 10.7. The van der Waals surface area contributed by atoms with Crippen LogP contribution in [0.3, 0.4) is 0 Å². The smallest absolute Gasteiger partial charge is 0.161 e. The zero-order chi connectivity index (χ0) is 13.1. The molecule has 2 aromatic heterocycles. The van der Waals surface area contributed by atoms with Crippen molar-refractivity contribution in [1.29, 1.82) is 0 Å². The second-order valence-electron chi connectivity index (χ2n) is 3.98. The fourth-order valence-electron chi connectivity index (χ4n) is 1.82. The molecule has 0 unspecified atom stereocenters. The quantitative estimate of drug-likeness (QED) is 0.718. The van der Waals surface area contributed by atoms with Crippen LogP contribution < -0.4 is 5.32 Å². The summed E-state index contributed by atoms with van der Waals surface area (Å²) in [4.78, 5) is 19.2.